The van der Waals surface area contributed by atoms with E-state index in [1.807, 2.05) is 42.5 Å². The standard InChI is InChI=1S/C30H39N5O4/c1-22(24-8-5-4-6-9-24)31-29-26-20-25(13-14-27(26)33-30(34-29)39-21-23-11-12-23)32-28(36)10-7-15-35(16-18-37-2)17-19-38-3/h4-10,13-14,20,22-23H,11-12,15-19,21H2,1-3H3,(H,32,36)(H,31,33,34). The molecular formula is C30H39N5O4. The first-order valence-electron chi connectivity index (χ1n) is 13.5. The third-order valence-corrected chi connectivity index (χ3v) is 6.60. The fraction of sp³-hybridized carbons (Fsp3) is 0.433. The molecule has 3 aromatic rings. The number of methoxy groups -OCH3 is 2. The van der Waals surface area contributed by atoms with Crippen molar-refractivity contribution in [1.82, 2.24) is 14.9 Å². The zero-order valence-corrected chi connectivity index (χ0v) is 23.1. The van der Waals surface area contributed by atoms with Crippen LogP contribution in [0.15, 0.2) is 60.7 Å². The molecule has 0 bridgehead atoms. The van der Waals surface area contributed by atoms with Gasteiger partial charge in [0.1, 0.15) is 5.82 Å². The Morgan fingerprint density at radius 3 is 2.51 bits per heavy atom. The third-order valence-electron chi connectivity index (χ3n) is 6.60. The number of rotatable bonds is 16. The van der Waals surface area contributed by atoms with Crippen molar-refractivity contribution in [2.45, 2.75) is 25.8 Å². The molecule has 39 heavy (non-hydrogen) atoms. The molecular weight excluding hydrogens is 494 g/mol. The molecule has 2 N–H and O–H groups in total. The van der Waals surface area contributed by atoms with Crippen LogP contribution in [-0.4, -0.2) is 74.4 Å². The molecule has 4 rings (SSSR count). The van der Waals surface area contributed by atoms with Crippen LogP contribution in [0.4, 0.5) is 11.5 Å². The van der Waals surface area contributed by atoms with E-state index in [-0.39, 0.29) is 11.9 Å². The number of carbonyl (C=O) groups excluding carboxylic acids is 1. The Labute approximate surface area is 230 Å². The summed E-state index contributed by atoms with van der Waals surface area (Å²) >= 11 is 0. The fourth-order valence-corrected chi connectivity index (χ4v) is 4.09. The van der Waals surface area contributed by atoms with E-state index < -0.39 is 0 Å². The van der Waals surface area contributed by atoms with Gasteiger partial charge in [-0.25, -0.2) is 0 Å². The summed E-state index contributed by atoms with van der Waals surface area (Å²) in [5.74, 6) is 1.06. The van der Waals surface area contributed by atoms with E-state index in [2.05, 4.69) is 39.6 Å². The zero-order chi connectivity index (χ0) is 27.5. The van der Waals surface area contributed by atoms with Gasteiger partial charge in [0.15, 0.2) is 0 Å². The number of nitrogens with one attached hydrogen (secondary N) is 2. The van der Waals surface area contributed by atoms with Gasteiger partial charge in [-0.2, -0.15) is 9.97 Å². The Hall–Kier alpha value is -3.53. The third kappa shape index (κ3) is 9.02. The molecule has 1 aromatic heterocycles. The maximum Gasteiger partial charge on any atom is 0.318 e. The van der Waals surface area contributed by atoms with Gasteiger partial charge in [0.2, 0.25) is 5.91 Å². The fourth-order valence-electron chi connectivity index (χ4n) is 4.09. The summed E-state index contributed by atoms with van der Waals surface area (Å²) in [5.41, 5.74) is 2.56. The summed E-state index contributed by atoms with van der Waals surface area (Å²) in [6, 6.07) is 16.2. The SMILES string of the molecule is COCCN(CC=CC(=O)Nc1ccc2nc(OCC3CC3)nc(NC(C)c3ccccc3)c2c1)CCOC. The summed E-state index contributed by atoms with van der Waals surface area (Å²) in [4.78, 5) is 24.2. The number of fused-ring (bicyclic) bond motifs is 1. The van der Waals surface area contributed by atoms with Gasteiger partial charge >= 0.3 is 6.01 Å². The number of nitrogens with zero attached hydrogens (tertiary/aromatic N) is 3. The highest BCUT2D eigenvalue weighted by Gasteiger charge is 2.23. The van der Waals surface area contributed by atoms with Crippen LogP contribution >= 0.6 is 0 Å². The predicted octanol–water partition coefficient (Wildman–Crippen LogP) is 4.68. The van der Waals surface area contributed by atoms with Crippen molar-refractivity contribution < 1.29 is 19.0 Å². The summed E-state index contributed by atoms with van der Waals surface area (Å²) in [6.07, 6.45) is 5.79. The number of ether oxygens (including phenoxy) is 3. The van der Waals surface area contributed by atoms with Crippen LogP contribution in [0.5, 0.6) is 6.01 Å². The monoisotopic (exact) mass is 533 g/mol. The minimum atomic E-state index is -0.203. The van der Waals surface area contributed by atoms with E-state index in [9.17, 15) is 4.79 Å². The Balaban J connectivity index is 1.48. The number of carbonyl (C=O) groups is 1. The van der Waals surface area contributed by atoms with Gasteiger partial charge in [0.05, 0.1) is 25.3 Å². The van der Waals surface area contributed by atoms with Gasteiger partial charge < -0.3 is 24.8 Å². The molecule has 9 nitrogen and oxygen atoms in total. The van der Waals surface area contributed by atoms with Crippen LogP contribution in [0.2, 0.25) is 0 Å². The van der Waals surface area contributed by atoms with Crippen molar-refractivity contribution >= 4 is 28.3 Å². The Bertz CT molecular complexity index is 1220. The number of amides is 1. The number of hydrogen-bond acceptors (Lipinski definition) is 8. The molecule has 0 aliphatic heterocycles. The molecule has 0 saturated heterocycles. The Morgan fingerprint density at radius 2 is 1.82 bits per heavy atom. The minimum absolute atomic E-state index is 0.0147. The molecule has 1 aliphatic rings. The molecule has 1 fully saturated rings. The van der Waals surface area contributed by atoms with E-state index >= 15 is 0 Å². The van der Waals surface area contributed by atoms with Crippen LogP contribution in [0.25, 0.3) is 10.9 Å². The second kappa shape index (κ2) is 14.6. The molecule has 1 aliphatic carbocycles. The maximum atomic E-state index is 12.7. The van der Waals surface area contributed by atoms with Gasteiger partial charge in [0, 0.05) is 57.0 Å². The largest absolute Gasteiger partial charge is 0.463 e. The van der Waals surface area contributed by atoms with Crippen molar-refractivity contribution in [3.8, 4) is 6.01 Å². The topological polar surface area (TPSA) is 97.8 Å². The first-order valence-corrected chi connectivity index (χ1v) is 13.5. The number of benzene rings is 2. The van der Waals surface area contributed by atoms with E-state index in [4.69, 9.17) is 19.2 Å². The van der Waals surface area contributed by atoms with Gasteiger partial charge in [-0.05, 0) is 49.4 Å². The molecule has 1 heterocycles. The van der Waals surface area contributed by atoms with Gasteiger partial charge in [-0.3, -0.25) is 9.69 Å². The number of hydrogen-bond donors (Lipinski definition) is 2. The van der Waals surface area contributed by atoms with Gasteiger partial charge in [0.25, 0.3) is 0 Å². The lowest BCUT2D eigenvalue weighted by molar-refractivity contribution is -0.111. The molecule has 1 amide bonds. The molecule has 0 radical (unpaired) electrons. The Kier molecular flexibility index (Phi) is 10.6. The van der Waals surface area contributed by atoms with Crippen molar-refractivity contribution in [3.63, 3.8) is 0 Å². The zero-order valence-electron chi connectivity index (χ0n) is 23.1. The highest BCUT2D eigenvalue weighted by molar-refractivity contribution is 6.01. The molecule has 1 atom stereocenters. The quantitative estimate of drug-likeness (QED) is 0.256. The van der Waals surface area contributed by atoms with Crippen LogP contribution in [-0.2, 0) is 14.3 Å². The lowest BCUT2D eigenvalue weighted by atomic mass is 10.1. The Morgan fingerprint density at radius 1 is 1.08 bits per heavy atom. The van der Waals surface area contributed by atoms with Crippen LogP contribution in [0.1, 0.15) is 31.4 Å². The average Bonchev–Trinajstić information content (AvgIpc) is 3.78. The predicted molar refractivity (Wildman–Crippen MR) is 154 cm³/mol. The molecule has 208 valence electrons. The smallest absolute Gasteiger partial charge is 0.318 e. The van der Waals surface area contributed by atoms with E-state index in [0.29, 0.717) is 49.8 Å². The van der Waals surface area contributed by atoms with Crippen molar-refractivity contribution in [2.75, 3.05) is 64.3 Å². The van der Waals surface area contributed by atoms with E-state index in [0.717, 1.165) is 29.6 Å². The van der Waals surface area contributed by atoms with Gasteiger partial charge in [-0.15, -0.1) is 0 Å². The van der Waals surface area contributed by atoms with Crippen LogP contribution in [0, 0.1) is 5.92 Å². The normalized spacial score (nSPS) is 14.2. The van der Waals surface area contributed by atoms with Crippen molar-refractivity contribution in [3.05, 3.63) is 66.2 Å². The maximum absolute atomic E-state index is 12.7. The van der Waals surface area contributed by atoms with Gasteiger partial charge in [-0.1, -0.05) is 36.4 Å². The lowest BCUT2D eigenvalue weighted by Crippen LogP contribution is -2.31. The summed E-state index contributed by atoms with van der Waals surface area (Å²) < 4.78 is 16.3. The lowest BCUT2D eigenvalue weighted by Gasteiger charge is -2.19. The highest BCUT2D eigenvalue weighted by atomic mass is 16.5. The highest BCUT2D eigenvalue weighted by Crippen LogP contribution is 2.31. The first kappa shape index (κ1) is 28.5. The van der Waals surface area contributed by atoms with Crippen molar-refractivity contribution in [1.29, 1.82) is 0 Å². The molecule has 1 saturated carbocycles. The summed E-state index contributed by atoms with van der Waals surface area (Å²) in [6.45, 7) is 6.12. The average molecular weight is 534 g/mol. The minimum Gasteiger partial charge on any atom is -0.463 e. The first-order chi connectivity index (χ1) is 19.1. The molecule has 1 unspecified atom stereocenters. The van der Waals surface area contributed by atoms with Crippen LogP contribution in [0.3, 0.4) is 0 Å². The van der Waals surface area contributed by atoms with Crippen LogP contribution < -0.4 is 15.4 Å². The molecule has 9 heteroatoms. The second-order valence-electron chi connectivity index (χ2n) is 9.80. The second-order valence-corrected chi connectivity index (χ2v) is 9.80. The van der Waals surface area contributed by atoms with E-state index in [1.165, 1.54) is 12.8 Å². The summed E-state index contributed by atoms with van der Waals surface area (Å²) in [7, 11) is 3.36. The molecule has 2 aromatic carbocycles. The number of anilines is 2. The van der Waals surface area contributed by atoms with E-state index in [1.54, 1.807) is 20.3 Å². The molecule has 0 spiro atoms. The number of aromatic nitrogens is 2. The van der Waals surface area contributed by atoms with Crippen molar-refractivity contribution in [2.24, 2.45) is 5.92 Å². The summed E-state index contributed by atoms with van der Waals surface area (Å²) in [5, 5.41) is 7.29.